The second kappa shape index (κ2) is 6.08. The fourth-order valence-corrected chi connectivity index (χ4v) is 2.41. The molecule has 0 atom stereocenters. The molecule has 1 N–H and O–H groups in total. The van der Waals surface area contributed by atoms with E-state index in [4.69, 9.17) is 0 Å². The van der Waals surface area contributed by atoms with Crippen LogP contribution in [-0.4, -0.2) is 14.9 Å². The van der Waals surface area contributed by atoms with Crippen LogP contribution >= 0.6 is 0 Å². The van der Waals surface area contributed by atoms with Crippen molar-refractivity contribution < 1.29 is 9.50 Å². The van der Waals surface area contributed by atoms with Crippen LogP contribution in [0.15, 0.2) is 48.8 Å². The molecule has 3 rings (SSSR count). The Kier molecular flexibility index (Phi) is 3.98. The summed E-state index contributed by atoms with van der Waals surface area (Å²) in [7, 11) is 1.89. The monoisotopic (exact) mass is 308 g/mol. The molecule has 1 aromatic heterocycles. The Bertz CT molecular complexity index is 840. The molecule has 1 heterocycles. The fraction of sp³-hybridized carbons (Fsp3) is 0.105. The van der Waals surface area contributed by atoms with E-state index in [1.807, 2.05) is 55.9 Å². The second-order valence-electron chi connectivity index (χ2n) is 5.53. The molecule has 4 heteroatoms. The topological polar surface area (TPSA) is 38.0 Å². The van der Waals surface area contributed by atoms with Gasteiger partial charge < -0.3 is 5.11 Å². The largest absolute Gasteiger partial charge is 0.505 e. The molecule has 3 aromatic rings. The van der Waals surface area contributed by atoms with Gasteiger partial charge in [0.15, 0.2) is 11.6 Å². The van der Waals surface area contributed by atoms with E-state index in [-0.39, 0.29) is 5.75 Å². The lowest BCUT2D eigenvalue weighted by Crippen LogP contribution is -1.84. The standard InChI is InChI=1S/C19H17FN2O/c1-13-9-15(10-18(20)19(13)23)4-3-14-5-7-16(8-6-14)17-11-21-22(2)12-17/h3-12,23H,1-2H3/b4-3+. The highest BCUT2D eigenvalue weighted by atomic mass is 19.1. The summed E-state index contributed by atoms with van der Waals surface area (Å²) in [6.07, 6.45) is 7.53. The molecule has 2 aromatic carbocycles. The van der Waals surface area contributed by atoms with Crippen LogP contribution in [0, 0.1) is 12.7 Å². The van der Waals surface area contributed by atoms with Gasteiger partial charge in [0.1, 0.15) is 0 Å². The Morgan fingerprint density at radius 3 is 2.35 bits per heavy atom. The summed E-state index contributed by atoms with van der Waals surface area (Å²) in [6.45, 7) is 1.68. The molecule has 0 saturated heterocycles. The van der Waals surface area contributed by atoms with Crippen molar-refractivity contribution in [2.45, 2.75) is 6.92 Å². The number of aromatic hydroxyl groups is 1. The molecule has 0 radical (unpaired) electrons. The van der Waals surface area contributed by atoms with Gasteiger partial charge in [-0.2, -0.15) is 5.10 Å². The van der Waals surface area contributed by atoms with E-state index >= 15 is 0 Å². The maximum Gasteiger partial charge on any atom is 0.165 e. The molecule has 0 aliphatic carbocycles. The zero-order valence-corrected chi connectivity index (χ0v) is 13.0. The SMILES string of the molecule is Cc1cc(/C=C/c2ccc(-c3cnn(C)c3)cc2)cc(F)c1O. The lowest BCUT2D eigenvalue weighted by molar-refractivity contribution is 0.428. The van der Waals surface area contributed by atoms with Crippen molar-refractivity contribution in [1.29, 1.82) is 0 Å². The van der Waals surface area contributed by atoms with Gasteiger partial charge in [-0.25, -0.2) is 4.39 Å². The molecule has 0 fully saturated rings. The van der Waals surface area contributed by atoms with Crippen molar-refractivity contribution in [2.24, 2.45) is 7.05 Å². The number of rotatable bonds is 3. The van der Waals surface area contributed by atoms with Crippen LogP contribution in [0.2, 0.25) is 0 Å². The van der Waals surface area contributed by atoms with Gasteiger partial charge in [-0.15, -0.1) is 0 Å². The first kappa shape index (κ1) is 15.0. The van der Waals surface area contributed by atoms with Crippen LogP contribution in [0.25, 0.3) is 23.3 Å². The van der Waals surface area contributed by atoms with Gasteiger partial charge in [-0.05, 0) is 41.3 Å². The van der Waals surface area contributed by atoms with Crippen LogP contribution in [-0.2, 0) is 7.05 Å². The van der Waals surface area contributed by atoms with Crippen molar-refractivity contribution in [3.63, 3.8) is 0 Å². The molecular formula is C19H17FN2O. The highest BCUT2D eigenvalue weighted by molar-refractivity contribution is 5.72. The van der Waals surface area contributed by atoms with E-state index in [0.29, 0.717) is 11.1 Å². The third kappa shape index (κ3) is 3.31. The van der Waals surface area contributed by atoms with Gasteiger partial charge in [0.25, 0.3) is 0 Å². The third-order valence-corrected chi connectivity index (χ3v) is 3.69. The van der Waals surface area contributed by atoms with E-state index in [9.17, 15) is 9.50 Å². The van der Waals surface area contributed by atoms with Crippen LogP contribution in [0.3, 0.4) is 0 Å². The minimum Gasteiger partial charge on any atom is -0.505 e. The van der Waals surface area contributed by atoms with Gasteiger partial charge in [0.2, 0.25) is 0 Å². The number of halogens is 1. The summed E-state index contributed by atoms with van der Waals surface area (Å²) in [6, 6.07) is 11.1. The van der Waals surface area contributed by atoms with Gasteiger partial charge in [-0.1, -0.05) is 36.4 Å². The molecule has 0 aliphatic rings. The fourth-order valence-electron chi connectivity index (χ4n) is 2.41. The highest BCUT2D eigenvalue weighted by Gasteiger charge is 2.04. The van der Waals surface area contributed by atoms with Crippen LogP contribution in [0.1, 0.15) is 16.7 Å². The number of benzene rings is 2. The van der Waals surface area contributed by atoms with Crippen LogP contribution < -0.4 is 0 Å². The maximum absolute atomic E-state index is 13.5. The summed E-state index contributed by atoms with van der Waals surface area (Å²) in [5.74, 6) is -0.889. The Balaban J connectivity index is 1.80. The molecule has 116 valence electrons. The minimum atomic E-state index is -0.600. The number of phenolic OH excluding ortho intramolecular Hbond substituents is 1. The zero-order chi connectivity index (χ0) is 16.4. The average molecular weight is 308 g/mol. The zero-order valence-electron chi connectivity index (χ0n) is 13.0. The molecule has 0 aliphatic heterocycles. The summed E-state index contributed by atoms with van der Waals surface area (Å²) in [5, 5.41) is 13.6. The number of aromatic nitrogens is 2. The molecular weight excluding hydrogens is 291 g/mol. The molecule has 0 spiro atoms. The second-order valence-corrected chi connectivity index (χ2v) is 5.53. The number of aryl methyl sites for hydroxylation is 2. The lowest BCUT2D eigenvalue weighted by atomic mass is 10.1. The Morgan fingerprint density at radius 2 is 1.74 bits per heavy atom. The predicted molar refractivity (Wildman–Crippen MR) is 90.4 cm³/mol. The highest BCUT2D eigenvalue weighted by Crippen LogP contribution is 2.24. The van der Waals surface area contributed by atoms with Crippen molar-refractivity contribution in [2.75, 3.05) is 0 Å². The first-order chi connectivity index (χ1) is 11.0. The third-order valence-electron chi connectivity index (χ3n) is 3.69. The van der Waals surface area contributed by atoms with E-state index in [1.165, 1.54) is 6.07 Å². The van der Waals surface area contributed by atoms with E-state index in [0.717, 1.165) is 16.7 Å². The number of nitrogens with zero attached hydrogens (tertiary/aromatic N) is 2. The van der Waals surface area contributed by atoms with Crippen molar-refractivity contribution in [3.8, 4) is 16.9 Å². The van der Waals surface area contributed by atoms with Crippen LogP contribution in [0.4, 0.5) is 4.39 Å². The van der Waals surface area contributed by atoms with E-state index in [2.05, 4.69) is 5.10 Å². The summed E-state index contributed by atoms with van der Waals surface area (Å²) < 4.78 is 15.3. The van der Waals surface area contributed by atoms with Crippen molar-refractivity contribution >= 4 is 12.2 Å². The van der Waals surface area contributed by atoms with E-state index < -0.39 is 5.82 Å². The normalized spacial score (nSPS) is 11.3. The molecule has 0 bridgehead atoms. The smallest absolute Gasteiger partial charge is 0.165 e. The Labute approximate surface area is 134 Å². The van der Waals surface area contributed by atoms with Gasteiger partial charge in [-0.3, -0.25) is 4.68 Å². The molecule has 0 saturated carbocycles. The summed E-state index contributed by atoms with van der Waals surface area (Å²) in [4.78, 5) is 0. The predicted octanol–water partition coefficient (Wildman–Crippen LogP) is 4.41. The van der Waals surface area contributed by atoms with Crippen molar-refractivity contribution in [3.05, 3.63) is 71.3 Å². The summed E-state index contributed by atoms with van der Waals surface area (Å²) in [5.41, 5.74) is 4.43. The minimum absolute atomic E-state index is 0.289. The molecule has 23 heavy (non-hydrogen) atoms. The maximum atomic E-state index is 13.5. The first-order valence-electron chi connectivity index (χ1n) is 7.29. The average Bonchev–Trinajstić information content (AvgIpc) is 2.97. The first-order valence-corrected chi connectivity index (χ1v) is 7.29. The van der Waals surface area contributed by atoms with Gasteiger partial charge in [0.05, 0.1) is 6.20 Å². The molecule has 0 unspecified atom stereocenters. The van der Waals surface area contributed by atoms with Crippen LogP contribution in [0.5, 0.6) is 5.75 Å². The van der Waals surface area contributed by atoms with Crippen molar-refractivity contribution in [1.82, 2.24) is 9.78 Å². The number of hydrogen-bond acceptors (Lipinski definition) is 2. The quantitative estimate of drug-likeness (QED) is 0.728. The van der Waals surface area contributed by atoms with E-state index in [1.54, 1.807) is 17.7 Å². The summed E-state index contributed by atoms with van der Waals surface area (Å²) >= 11 is 0. The Morgan fingerprint density at radius 1 is 1.04 bits per heavy atom. The lowest BCUT2D eigenvalue weighted by Gasteiger charge is -2.02. The number of phenols is 1. The molecule has 3 nitrogen and oxygen atoms in total. The Hall–Kier alpha value is -2.88. The number of hydrogen-bond donors (Lipinski definition) is 1. The van der Waals surface area contributed by atoms with Gasteiger partial charge >= 0.3 is 0 Å². The van der Waals surface area contributed by atoms with Gasteiger partial charge in [0, 0.05) is 18.8 Å². The molecule has 0 amide bonds.